The Bertz CT molecular complexity index is 303. The molecule has 0 aromatic carbocycles. The predicted molar refractivity (Wildman–Crippen MR) is 60.9 cm³/mol. The van der Waals surface area contributed by atoms with Gasteiger partial charge in [-0.25, -0.2) is 0 Å². The summed E-state index contributed by atoms with van der Waals surface area (Å²) in [5.74, 6) is 0.0514. The first-order chi connectivity index (χ1) is 7.02. The van der Waals surface area contributed by atoms with E-state index in [1.165, 1.54) is 25.6 Å². The Balaban J connectivity index is 2.70. The lowest BCUT2D eigenvalue weighted by Crippen LogP contribution is -2.22. The predicted octanol–water partition coefficient (Wildman–Crippen LogP) is 2.61. The molecule has 1 aliphatic carbocycles. The highest BCUT2D eigenvalue weighted by atomic mass is 32.2. The molecule has 1 N–H and O–H groups in total. The summed E-state index contributed by atoms with van der Waals surface area (Å²) < 4.78 is 0. The topological polar surface area (TPSA) is 54.4 Å². The largest absolute Gasteiger partial charge is 0.511 e. The fourth-order valence-electron chi connectivity index (χ4n) is 1.64. The smallest absolute Gasteiger partial charge is 0.169 e. The summed E-state index contributed by atoms with van der Waals surface area (Å²) in [6, 6.07) is 0. The number of rotatable bonds is 3. The third kappa shape index (κ3) is 3.38. The molecule has 3 nitrogen and oxygen atoms in total. The molecule has 0 saturated heterocycles. The van der Waals surface area contributed by atoms with Gasteiger partial charge in [-0.05, 0) is 26.7 Å². The molecule has 0 heterocycles. The van der Waals surface area contributed by atoms with Crippen molar-refractivity contribution in [1.29, 1.82) is 0 Å². The molecule has 4 heteroatoms. The lowest BCUT2D eigenvalue weighted by Gasteiger charge is -2.20. The zero-order chi connectivity index (χ0) is 11.4. The SMILES string of the molecule is CC(=O)/C(SC1CCCCC1=O)=C(/C)O. The summed E-state index contributed by atoms with van der Waals surface area (Å²) in [7, 11) is 0. The first kappa shape index (κ1) is 12.3. The van der Waals surface area contributed by atoms with Crippen LogP contribution >= 0.6 is 11.8 Å². The summed E-state index contributed by atoms with van der Waals surface area (Å²) in [4.78, 5) is 23.1. The van der Waals surface area contributed by atoms with E-state index >= 15 is 0 Å². The number of thioether (sulfide) groups is 1. The van der Waals surface area contributed by atoms with E-state index in [1.54, 1.807) is 0 Å². The second-order valence-corrected chi connectivity index (χ2v) is 5.00. The Hall–Kier alpha value is -0.770. The van der Waals surface area contributed by atoms with Crippen LogP contribution in [0.1, 0.15) is 39.5 Å². The average Bonchev–Trinajstić information content (AvgIpc) is 2.15. The molecule has 0 aromatic rings. The molecule has 1 saturated carbocycles. The van der Waals surface area contributed by atoms with Gasteiger partial charge in [0.2, 0.25) is 0 Å². The molecule has 0 aromatic heterocycles. The van der Waals surface area contributed by atoms with Gasteiger partial charge < -0.3 is 5.11 Å². The number of hydrogen-bond donors (Lipinski definition) is 1. The van der Waals surface area contributed by atoms with Crippen LogP contribution in [-0.2, 0) is 9.59 Å². The molecule has 1 unspecified atom stereocenters. The van der Waals surface area contributed by atoms with Crippen molar-refractivity contribution >= 4 is 23.3 Å². The van der Waals surface area contributed by atoms with Crippen LogP contribution in [0.15, 0.2) is 10.7 Å². The third-order valence-electron chi connectivity index (χ3n) is 2.41. The molecule has 1 atom stereocenters. The van der Waals surface area contributed by atoms with Crippen LogP contribution in [0.5, 0.6) is 0 Å². The molecule has 1 fully saturated rings. The number of allylic oxidation sites excluding steroid dienone is 2. The van der Waals surface area contributed by atoms with Gasteiger partial charge in [-0.3, -0.25) is 9.59 Å². The standard InChI is InChI=1S/C11H16O3S/c1-7(12)11(8(2)13)15-10-6-4-3-5-9(10)14/h10,12H,3-6H2,1-2H3/b11-7+. The maximum absolute atomic E-state index is 11.5. The van der Waals surface area contributed by atoms with Crippen LogP contribution in [0.4, 0.5) is 0 Å². The lowest BCUT2D eigenvalue weighted by atomic mass is 9.99. The summed E-state index contributed by atoms with van der Waals surface area (Å²) in [6.45, 7) is 2.90. The minimum atomic E-state index is -0.168. The lowest BCUT2D eigenvalue weighted by molar-refractivity contribution is -0.119. The van der Waals surface area contributed by atoms with Gasteiger partial charge in [0.1, 0.15) is 11.5 Å². The fourth-order valence-corrected chi connectivity index (χ4v) is 2.80. The van der Waals surface area contributed by atoms with Crippen molar-refractivity contribution in [3.63, 3.8) is 0 Å². The maximum atomic E-state index is 11.5. The van der Waals surface area contributed by atoms with E-state index in [4.69, 9.17) is 0 Å². The van der Waals surface area contributed by atoms with Gasteiger partial charge in [-0.15, -0.1) is 11.8 Å². The van der Waals surface area contributed by atoms with Crippen molar-refractivity contribution in [2.45, 2.75) is 44.8 Å². The average molecular weight is 228 g/mol. The number of carbonyl (C=O) groups is 2. The molecule has 1 rings (SSSR count). The van der Waals surface area contributed by atoms with E-state index in [1.807, 2.05) is 0 Å². The fraction of sp³-hybridized carbons (Fsp3) is 0.636. The minimum absolute atomic E-state index is 0.0193. The van der Waals surface area contributed by atoms with Crippen molar-refractivity contribution in [3.05, 3.63) is 10.7 Å². The van der Waals surface area contributed by atoms with Crippen LogP contribution in [0.3, 0.4) is 0 Å². The van der Waals surface area contributed by atoms with Gasteiger partial charge in [0.05, 0.1) is 10.2 Å². The molecular weight excluding hydrogens is 212 g/mol. The Kier molecular flexibility index (Phi) is 4.39. The first-order valence-electron chi connectivity index (χ1n) is 5.12. The highest BCUT2D eigenvalue weighted by Crippen LogP contribution is 2.32. The van der Waals surface area contributed by atoms with E-state index in [-0.39, 0.29) is 22.6 Å². The maximum Gasteiger partial charge on any atom is 0.169 e. The first-order valence-corrected chi connectivity index (χ1v) is 6.00. The van der Waals surface area contributed by atoms with E-state index in [0.29, 0.717) is 11.3 Å². The number of aliphatic hydroxyl groups is 1. The summed E-state index contributed by atoms with van der Waals surface area (Å²) >= 11 is 1.22. The Morgan fingerprint density at radius 3 is 2.53 bits per heavy atom. The number of hydrogen-bond acceptors (Lipinski definition) is 4. The van der Waals surface area contributed by atoms with Gasteiger partial charge in [0, 0.05) is 6.42 Å². The zero-order valence-corrected chi connectivity index (χ0v) is 9.89. The van der Waals surface area contributed by atoms with E-state index in [2.05, 4.69) is 0 Å². The van der Waals surface area contributed by atoms with E-state index < -0.39 is 0 Å². The van der Waals surface area contributed by atoms with Gasteiger partial charge in [-0.1, -0.05) is 6.42 Å². The van der Waals surface area contributed by atoms with E-state index in [9.17, 15) is 14.7 Å². The Morgan fingerprint density at radius 2 is 2.07 bits per heavy atom. The monoisotopic (exact) mass is 228 g/mol. The molecule has 0 radical (unpaired) electrons. The summed E-state index contributed by atoms with van der Waals surface area (Å²) in [5, 5.41) is 9.19. The van der Waals surface area contributed by atoms with Gasteiger partial charge in [0.15, 0.2) is 5.78 Å². The van der Waals surface area contributed by atoms with Crippen molar-refractivity contribution in [2.24, 2.45) is 0 Å². The van der Waals surface area contributed by atoms with Crippen LogP contribution in [0.25, 0.3) is 0 Å². The van der Waals surface area contributed by atoms with Crippen LogP contribution in [0.2, 0.25) is 0 Å². The molecule has 0 bridgehead atoms. The third-order valence-corrected chi connectivity index (χ3v) is 4.01. The molecular formula is C11H16O3S. The molecule has 0 spiro atoms. The van der Waals surface area contributed by atoms with Crippen LogP contribution in [-0.4, -0.2) is 21.9 Å². The minimum Gasteiger partial charge on any atom is -0.511 e. The second kappa shape index (κ2) is 5.35. The highest BCUT2D eigenvalue weighted by Gasteiger charge is 2.25. The van der Waals surface area contributed by atoms with Gasteiger partial charge >= 0.3 is 0 Å². The summed E-state index contributed by atoms with van der Waals surface area (Å²) in [6.07, 6.45) is 3.40. The zero-order valence-electron chi connectivity index (χ0n) is 9.08. The Labute approximate surface area is 93.9 Å². The van der Waals surface area contributed by atoms with E-state index in [0.717, 1.165) is 19.3 Å². The molecule has 1 aliphatic rings. The number of ketones is 2. The highest BCUT2D eigenvalue weighted by molar-refractivity contribution is 8.05. The second-order valence-electron chi connectivity index (χ2n) is 3.79. The van der Waals surface area contributed by atoms with Gasteiger partial charge in [-0.2, -0.15) is 0 Å². The number of aliphatic hydroxyl groups excluding tert-OH is 1. The number of carbonyl (C=O) groups excluding carboxylic acids is 2. The molecule has 0 aliphatic heterocycles. The van der Waals surface area contributed by atoms with Crippen LogP contribution < -0.4 is 0 Å². The molecule has 0 amide bonds. The quantitative estimate of drug-likeness (QED) is 0.596. The normalized spacial score (nSPS) is 23.6. The number of Topliss-reactive ketones (excluding diaryl/α,β-unsaturated/α-hetero) is 2. The van der Waals surface area contributed by atoms with Crippen molar-refractivity contribution in [3.8, 4) is 0 Å². The van der Waals surface area contributed by atoms with Crippen molar-refractivity contribution in [1.82, 2.24) is 0 Å². The Morgan fingerprint density at radius 1 is 1.40 bits per heavy atom. The molecule has 84 valence electrons. The van der Waals surface area contributed by atoms with Gasteiger partial charge in [0.25, 0.3) is 0 Å². The van der Waals surface area contributed by atoms with Crippen molar-refractivity contribution in [2.75, 3.05) is 0 Å². The summed E-state index contributed by atoms with van der Waals surface area (Å²) in [5.41, 5.74) is 0. The van der Waals surface area contributed by atoms with Crippen molar-refractivity contribution < 1.29 is 14.7 Å². The molecule has 15 heavy (non-hydrogen) atoms. The van der Waals surface area contributed by atoms with Crippen LogP contribution in [0, 0.1) is 0 Å².